The topological polar surface area (TPSA) is 70.6 Å². The molecular weight excluding hydrogens is 262 g/mol. The average molecular weight is 277 g/mol. The molecule has 1 saturated heterocycles. The lowest BCUT2D eigenvalue weighted by Crippen LogP contribution is -2.28. The minimum Gasteiger partial charge on any atom is -0.326 e. The summed E-state index contributed by atoms with van der Waals surface area (Å²) in [4.78, 5) is 27.4. The van der Waals surface area contributed by atoms with Crippen LogP contribution in [0.2, 0.25) is 0 Å². The molecule has 6 heteroatoms. The number of nitrogens with zero attached hydrogens (tertiary/aromatic N) is 1. The zero-order valence-electron chi connectivity index (χ0n) is 10.8. The van der Waals surface area contributed by atoms with E-state index in [1.165, 1.54) is 11.8 Å². The number of rotatable bonds is 3. The smallest absolute Gasteiger partial charge is 0.240 e. The fourth-order valence-electron chi connectivity index (χ4n) is 1.73. The van der Waals surface area contributed by atoms with Crippen LogP contribution < -0.4 is 10.6 Å². The maximum absolute atomic E-state index is 11.9. The lowest BCUT2D eigenvalue weighted by molar-refractivity contribution is -0.122. The molecule has 1 fully saturated rings. The molecule has 2 rings (SSSR count). The first kappa shape index (κ1) is 13.6. The van der Waals surface area contributed by atoms with Crippen molar-refractivity contribution in [2.45, 2.75) is 18.6 Å². The molecule has 0 unspecified atom stereocenters. The number of thioether (sulfide) groups is 1. The fourth-order valence-corrected chi connectivity index (χ4v) is 2.66. The summed E-state index contributed by atoms with van der Waals surface area (Å²) < 4.78 is 0. The standard InChI is InChI=1S/C13H15N3O2S/c1-8-5-3-4-6-9(8)15-11(17)7-10-12(18)16-13(14-2)19-10/h3-6,10H,7H2,1-2H3,(H,15,17)(H,14,16,18)/t10-/m1/s1. The molecule has 1 heterocycles. The molecule has 2 N–H and O–H groups in total. The minimum absolute atomic E-state index is 0.143. The number of nitrogens with one attached hydrogen (secondary N) is 2. The molecule has 5 nitrogen and oxygen atoms in total. The molecule has 0 aliphatic carbocycles. The van der Waals surface area contributed by atoms with Gasteiger partial charge in [-0.25, -0.2) is 0 Å². The van der Waals surface area contributed by atoms with Gasteiger partial charge in [-0.1, -0.05) is 30.0 Å². The Bertz CT molecular complexity index is 542. The molecular formula is C13H15N3O2S. The summed E-state index contributed by atoms with van der Waals surface area (Å²) in [5, 5.41) is 5.61. The van der Waals surface area contributed by atoms with Gasteiger partial charge in [0.05, 0.1) is 0 Å². The zero-order valence-corrected chi connectivity index (χ0v) is 11.6. The molecule has 0 aromatic heterocycles. The van der Waals surface area contributed by atoms with E-state index in [2.05, 4.69) is 15.6 Å². The Labute approximate surface area is 115 Å². The van der Waals surface area contributed by atoms with Crippen LogP contribution in [0.3, 0.4) is 0 Å². The van der Waals surface area contributed by atoms with Crippen LogP contribution >= 0.6 is 11.8 Å². The molecule has 1 atom stereocenters. The summed E-state index contributed by atoms with van der Waals surface area (Å²) in [5.41, 5.74) is 1.77. The summed E-state index contributed by atoms with van der Waals surface area (Å²) in [6.07, 6.45) is 0.143. The van der Waals surface area contributed by atoms with Gasteiger partial charge in [0.25, 0.3) is 0 Å². The summed E-state index contributed by atoms with van der Waals surface area (Å²) in [5.74, 6) is -0.329. The second-order valence-corrected chi connectivity index (χ2v) is 5.38. The van der Waals surface area contributed by atoms with Crippen LogP contribution in [0.15, 0.2) is 29.3 Å². The van der Waals surface area contributed by atoms with Gasteiger partial charge in [-0.2, -0.15) is 0 Å². The number of aliphatic imine (C=N–C) groups is 1. The van der Waals surface area contributed by atoms with Crippen molar-refractivity contribution in [3.8, 4) is 0 Å². The first-order valence-electron chi connectivity index (χ1n) is 5.90. The van der Waals surface area contributed by atoms with E-state index in [0.717, 1.165) is 11.3 Å². The number of para-hydroxylation sites is 1. The van der Waals surface area contributed by atoms with Gasteiger partial charge in [-0.15, -0.1) is 0 Å². The van der Waals surface area contributed by atoms with E-state index < -0.39 is 5.25 Å². The summed E-state index contributed by atoms with van der Waals surface area (Å²) in [6, 6.07) is 7.54. The normalized spacial score (nSPS) is 20.4. The third kappa shape index (κ3) is 3.35. The second-order valence-electron chi connectivity index (χ2n) is 4.19. The number of benzene rings is 1. The highest BCUT2D eigenvalue weighted by Crippen LogP contribution is 2.23. The van der Waals surface area contributed by atoms with Gasteiger partial charge >= 0.3 is 0 Å². The number of hydrogen-bond acceptors (Lipinski definition) is 4. The Morgan fingerprint density at radius 1 is 1.47 bits per heavy atom. The van der Waals surface area contributed by atoms with Crippen LogP contribution in [-0.4, -0.2) is 29.3 Å². The Morgan fingerprint density at radius 3 is 2.84 bits per heavy atom. The first-order valence-corrected chi connectivity index (χ1v) is 6.78. The van der Waals surface area contributed by atoms with Gasteiger partial charge in [0.2, 0.25) is 11.8 Å². The monoisotopic (exact) mass is 277 g/mol. The minimum atomic E-state index is -0.400. The summed E-state index contributed by atoms with van der Waals surface area (Å²) in [7, 11) is 1.61. The van der Waals surface area contributed by atoms with Gasteiger partial charge in [-0.3, -0.25) is 14.6 Å². The molecule has 1 aliphatic heterocycles. The molecule has 19 heavy (non-hydrogen) atoms. The number of hydrogen-bond donors (Lipinski definition) is 2. The molecule has 2 amide bonds. The van der Waals surface area contributed by atoms with E-state index >= 15 is 0 Å². The van der Waals surface area contributed by atoms with Gasteiger partial charge in [0, 0.05) is 19.2 Å². The third-order valence-corrected chi connectivity index (χ3v) is 3.94. The molecule has 1 aromatic rings. The average Bonchev–Trinajstić information content (AvgIpc) is 2.73. The van der Waals surface area contributed by atoms with Crippen molar-refractivity contribution in [3.05, 3.63) is 29.8 Å². The third-order valence-electron chi connectivity index (χ3n) is 2.77. The van der Waals surface area contributed by atoms with Crippen molar-refractivity contribution in [3.63, 3.8) is 0 Å². The Balaban J connectivity index is 1.96. The van der Waals surface area contributed by atoms with E-state index in [0.29, 0.717) is 5.17 Å². The van der Waals surface area contributed by atoms with E-state index in [-0.39, 0.29) is 18.2 Å². The number of carbonyl (C=O) groups excluding carboxylic acids is 2. The van der Waals surface area contributed by atoms with E-state index in [1.807, 2.05) is 31.2 Å². The van der Waals surface area contributed by atoms with E-state index in [4.69, 9.17) is 0 Å². The maximum atomic E-state index is 11.9. The molecule has 0 spiro atoms. The quantitative estimate of drug-likeness (QED) is 0.880. The Hall–Kier alpha value is -1.82. The number of anilines is 1. The lowest BCUT2D eigenvalue weighted by atomic mass is 10.2. The molecule has 0 radical (unpaired) electrons. The second kappa shape index (κ2) is 5.88. The molecule has 1 aromatic carbocycles. The number of carbonyl (C=O) groups is 2. The maximum Gasteiger partial charge on any atom is 0.240 e. The van der Waals surface area contributed by atoms with E-state index in [1.54, 1.807) is 7.05 Å². The molecule has 0 bridgehead atoms. The Kier molecular flexibility index (Phi) is 4.21. The SMILES string of the molecule is CN=C1NC(=O)[C@@H](CC(=O)Nc2ccccc2C)S1. The van der Waals surface area contributed by atoms with Crippen molar-refractivity contribution in [2.75, 3.05) is 12.4 Å². The highest BCUT2D eigenvalue weighted by atomic mass is 32.2. The number of aryl methyl sites for hydroxylation is 1. The predicted octanol–water partition coefficient (Wildman–Crippen LogP) is 1.54. The number of amidine groups is 1. The van der Waals surface area contributed by atoms with E-state index in [9.17, 15) is 9.59 Å². The lowest BCUT2D eigenvalue weighted by Gasteiger charge is -2.09. The zero-order chi connectivity index (χ0) is 13.8. The van der Waals surface area contributed by atoms with Gasteiger partial charge < -0.3 is 10.6 Å². The predicted molar refractivity (Wildman–Crippen MR) is 77.3 cm³/mol. The largest absolute Gasteiger partial charge is 0.326 e. The highest BCUT2D eigenvalue weighted by molar-refractivity contribution is 8.15. The number of amides is 2. The molecule has 100 valence electrons. The molecule has 1 aliphatic rings. The summed E-state index contributed by atoms with van der Waals surface area (Å²) >= 11 is 1.29. The van der Waals surface area contributed by atoms with Crippen LogP contribution in [-0.2, 0) is 9.59 Å². The van der Waals surface area contributed by atoms with Gasteiger partial charge in [0.1, 0.15) is 5.25 Å². The Morgan fingerprint density at radius 2 is 2.21 bits per heavy atom. The van der Waals surface area contributed by atoms with Crippen molar-refractivity contribution in [2.24, 2.45) is 4.99 Å². The first-order chi connectivity index (χ1) is 9.10. The van der Waals surface area contributed by atoms with Crippen LogP contribution in [0.5, 0.6) is 0 Å². The highest BCUT2D eigenvalue weighted by Gasteiger charge is 2.31. The van der Waals surface area contributed by atoms with Crippen molar-refractivity contribution < 1.29 is 9.59 Å². The van der Waals surface area contributed by atoms with Crippen molar-refractivity contribution in [1.82, 2.24) is 5.32 Å². The van der Waals surface area contributed by atoms with Crippen molar-refractivity contribution >= 4 is 34.4 Å². The van der Waals surface area contributed by atoms with Crippen LogP contribution in [0, 0.1) is 6.92 Å². The van der Waals surface area contributed by atoms with Crippen LogP contribution in [0.25, 0.3) is 0 Å². The van der Waals surface area contributed by atoms with Gasteiger partial charge in [0.15, 0.2) is 5.17 Å². The fraction of sp³-hybridized carbons (Fsp3) is 0.308. The van der Waals surface area contributed by atoms with Gasteiger partial charge in [-0.05, 0) is 18.6 Å². The van der Waals surface area contributed by atoms with Crippen LogP contribution in [0.1, 0.15) is 12.0 Å². The molecule has 0 saturated carbocycles. The summed E-state index contributed by atoms with van der Waals surface area (Å²) in [6.45, 7) is 1.93. The van der Waals surface area contributed by atoms with Crippen LogP contribution in [0.4, 0.5) is 5.69 Å². The van der Waals surface area contributed by atoms with Crippen molar-refractivity contribution in [1.29, 1.82) is 0 Å².